The van der Waals surface area contributed by atoms with E-state index in [2.05, 4.69) is 25.6 Å². The number of carbonyl (C=O) groups is 1. The molecule has 3 N–H and O–H groups in total. The summed E-state index contributed by atoms with van der Waals surface area (Å²) in [5.74, 6) is -0.0314. The molecule has 0 spiro atoms. The summed E-state index contributed by atoms with van der Waals surface area (Å²) in [5.41, 5.74) is 1.05. The number of rotatable bonds is 7. The Morgan fingerprint density at radius 1 is 1.05 bits per heavy atom. The number of benzene rings is 2. The second-order valence-electron chi connectivity index (χ2n) is 8.81. The summed E-state index contributed by atoms with van der Waals surface area (Å²) in [4.78, 5) is 51.1. The first-order valence-electron chi connectivity index (χ1n) is 12.2. The number of halogens is 1. The minimum atomic E-state index is -0.574. The van der Waals surface area contributed by atoms with Crippen molar-refractivity contribution in [3.8, 4) is 5.69 Å². The number of hydrogen-bond acceptors (Lipinski definition) is 6. The normalized spacial score (nSPS) is 12.0. The fraction of sp³-hybridized carbons (Fsp3) is 0.179. The summed E-state index contributed by atoms with van der Waals surface area (Å²) in [5, 5.41) is 7.40. The van der Waals surface area contributed by atoms with E-state index in [-0.39, 0.29) is 27.8 Å². The number of aromatic amines is 1. The molecule has 1 atom stereocenters. The number of H-pyrrole nitrogens is 1. The van der Waals surface area contributed by atoms with E-state index >= 15 is 0 Å². The van der Waals surface area contributed by atoms with Crippen molar-refractivity contribution in [3.05, 3.63) is 104 Å². The van der Waals surface area contributed by atoms with Gasteiger partial charge in [0.05, 0.1) is 27.7 Å². The van der Waals surface area contributed by atoms with Crippen LogP contribution >= 0.6 is 11.6 Å². The Bertz CT molecular complexity index is 1780. The van der Waals surface area contributed by atoms with E-state index in [4.69, 9.17) is 11.6 Å². The molecular weight excluding hydrogens is 504 g/mol. The molecule has 3 aromatic heterocycles. The van der Waals surface area contributed by atoms with Gasteiger partial charge in [0.1, 0.15) is 23.2 Å². The van der Waals surface area contributed by atoms with Crippen LogP contribution < -0.4 is 21.6 Å². The number of nitrogens with zero attached hydrogens (tertiary/aromatic N) is 3. The molecule has 2 aromatic carbocycles. The van der Waals surface area contributed by atoms with Crippen molar-refractivity contribution in [2.75, 3.05) is 11.9 Å². The van der Waals surface area contributed by atoms with Crippen LogP contribution in [0.1, 0.15) is 42.4 Å². The van der Waals surface area contributed by atoms with Crippen LogP contribution in [0.25, 0.3) is 27.5 Å². The minimum absolute atomic E-state index is 0.231. The Morgan fingerprint density at radius 2 is 1.84 bits per heavy atom. The smallest absolute Gasteiger partial charge is 0.264 e. The van der Waals surface area contributed by atoms with E-state index < -0.39 is 6.04 Å². The SMILES string of the molecule is CCCNC(=O)c1cccc2c(Cl)c([C@H](C)Nc3ncnc4[nH]ccc(=O)c34)n(-c3ccccc3)c(=O)c12. The number of pyridine rings is 2. The van der Waals surface area contributed by atoms with Crippen molar-refractivity contribution in [2.45, 2.75) is 26.3 Å². The summed E-state index contributed by atoms with van der Waals surface area (Å²) < 4.78 is 1.51. The first-order chi connectivity index (χ1) is 18.4. The van der Waals surface area contributed by atoms with Crippen molar-refractivity contribution in [2.24, 2.45) is 0 Å². The van der Waals surface area contributed by atoms with E-state index in [0.29, 0.717) is 45.2 Å². The maximum atomic E-state index is 14.1. The van der Waals surface area contributed by atoms with Gasteiger partial charge in [0.15, 0.2) is 5.43 Å². The summed E-state index contributed by atoms with van der Waals surface area (Å²) in [6.45, 7) is 4.27. The van der Waals surface area contributed by atoms with Crippen molar-refractivity contribution in [1.29, 1.82) is 0 Å². The monoisotopic (exact) mass is 528 g/mol. The molecule has 3 heterocycles. The van der Waals surface area contributed by atoms with Gasteiger partial charge in [0.25, 0.3) is 11.5 Å². The maximum absolute atomic E-state index is 14.1. The Hall–Kier alpha value is -4.50. The molecule has 0 aliphatic carbocycles. The van der Waals surface area contributed by atoms with Crippen LogP contribution in [-0.2, 0) is 0 Å². The number of aromatic nitrogens is 4. The molecule has 38 heavy (non-hydrogen) atoms. The molecule has 0 radical (unpaired) electrons. The molecule has 0 saturated heterocycles. The molecule has 5 rings (SSSR count). The van der Waals surface area contributed by atoms with E-state index in [1.165, 1.54) is 23.2 Å². The Labute approximate surface area is 222 Å². The maximum Gasteiger partial charge on any atom is 0.264 e. The molecular formula is C28H25ClN6O3. The van der Waals surface area contributed by atoms with Crippen LogP contribution in [0.4, 0.5) is 5.82 Å². The van der Waals surface area contributed by atoms with Crippen molar-refractivity contribution >= 4 is 45.1 Å². The Kier molecular flexibility index (Phi) is 6.93. The van der Waals surface area contributed by atoms with Crippen LogP contribution in [-0.4, -0.2) is 32.0 Å². The molecule has 0 aliphatic rings. The van der Waals surface area contributed by atoms with Crippen LogP contribution in [0.2, 0.25) is 5.02 Å². The average molecular weight is 529 g/mol. The number of anilines is 1. The standard InChI is InChI=1S/C28H25ClN6O3/c1-3-13-31-27(37)19-11-7-10-18-21(19)28(38)35(17-8-5-4-6-9-17)24(23(18)29)16(2)34-26-22-20(36)12-14-30-25(22)32-15-33-26/h4-12,14-16H,3,13H2,1-2H3,(H,31,37)(H2,30,32,33,34,36)/t16-/m0/s1. The zero-order chi connectivity index (χ0) is 26.8. The Balaban J connectivity index is 1.75. The van der Waals surface area contributed by atoms with Gasteiger partial charge in [-0.2, -0.15) is 0 Å². The lowest BCUT2D eigenvalue weighted by Crippen LogP contribution is -2.30. The fourth-order valence-corrected chi connectivity index (χ4v) is 4.96. The predicted molar refractivity (Wildman–Crippen MR) is 149 cm³/mol. The second-order valence-corrected chi connectivity index (χ2v) is 9.19. The third-order valence-corrected chi connectivity index (χ3v) is 6.69. The van der Waals surface area contributed by atoms with E-state index in [0.717, 1.165) is 6.42 Å². The molecule has 10 heteroatoms. The topological polar surface area (TPSA) is 122 Å². The molecule has 0 fully saturated rings. The zero-order valence-corrected chi connectivity index (χ0v) is 21.5. The van der Waals surface area contributed by atoms with Gasteiger partial charge in [0.2, 0.25) is 0 Å². The highest BCUT2D eigenvalue weighted by atomic mass is 35.5. The lowest BCUT2D eigenvalue weighted by Gasteiger charge is -2.24. The van der Waals surface area contributed by atoms with Gasteiger partial charge in [-0.3, -0.25) is 19.0 Å². The van der Waals surface area contributed by atoms with E-state index in [1.54, 1.807) is 30.3 Å². The summed E-state index contributed by atoms with van der Waals surface area (Å²) >= 11 is 7.03. The fourth-order valence-electron chi connectivity index (χ4n) is 4.55. The van der Waals surface area contributed by atoms with Gasteiger partial charge < -0.3 is 15.6 Å². The molecule has 5 aromatic rings. The summed E-state index contributed by atoms with van der Waals surface area (Å²) in [6.07, 6.45) is 3.63. The zero-order valence-electron chi connectivity index (χ0n) is 20.8. The van der Waals surface area contributed by atoms with E-state index in [1.807, 2.05) is 32.0 Å². The van der Waals surface area contributed by atoms with Crippen LogP contribution in [0.3, 0.4) is 0 Å². The molecule has 9 nitrogen and oxygen atoms in total. The van der Waals surface area contributed by atoms with Gasteiger partial charge in [-0.15, -0.1) is 0 Å². The average Bonchev–Trinajstić information content (AvgIpc) is 2.93. The number of carbonyl (C=O) groups excluding carboxylic acids is 1. The van der Waals surface area contributed by atoms with Gasteiger partial charge in [-0.05, 0) is 31.5 Å². The van der Waals surface area contributed by atoms with Crippen LogP contribution in [0.5, 0.6) is 0 Å². The largest absolute Gasteiger partial charge is 0.361 e. The highest BCUT2D eigenvalue weighted by molar-refractivity contribution is 6.36. The Morgan fingerprint density at radius 3 is 2.61 bits per heavy atom. The lowest BCUT2D eigenvalue weighted by atomic mass is 10.0. The predicted octanol–water partition coefficient (Wildman–Crippen LogP) is 4.59. The lowest BCUT2D eigenvalue weighted by molar-refractivity contribution is 0.0955. The number of amides is 1. The highest BCUT2D eigenvalue weighted by Crippen LogP contribution is 2.34. The first kappa shape index (κ1) is 25.2. The molecule has 1 amide bonds. The molecule has 192 valence electrons. The third-order valence-electron chi connectivity index (χ3n) is 6.29. The van der Waals surface area contributed by atoms with Gasteiger partial charge in [-0.1, -0.05) is 48.9 Å². The van der Waals surface area contributed by atoms with Gasteiger partial charge >= 0.3 is 0 Å². The third kappa shape index (κ3) is 4.41. The van der Waals surface area contributed by atoms with Crippen LogP contribution in [0.15, 0.2) is 76.7 Å². The quantitative estimate of drug-likeness (QED) is 0.284. The number of fused-ring (bicyclic) bond motifs is 2. The van der Waals surface area contributed by atoms with E-state index in [9.17, 15) is 14.4 Å². The van der Waals surface area contributed by atoms with Crippen molar-refractivity contribution in [3.63, 3.8) is 0 Å². The van der Waals surface area contributed by atoms with Crippen LogP contribution in [0, 0.1) is 0 Å². The van der Waals surface area contributed by atoms with Crippen molar-refractivity contribution < 1.29 is 4.79 Å². The summed E-state index contributed by atoms with van der Waals surface area (Å²) in [6, 6.07) is 15.0. The number of para-hydroxylation sites is 1. The second kappa shape index (κ2) is 10.5. The molecule has 0 unspecified atom stereocenters. The summed E-state index contributed by atoms with van der Waals surface area (Å²) in [7, 11) is 0. The van der Waals surface area contributed by atoms with Gasteiger partial charge in [-0.25, -0.2) is 9.97 Å². The molecule has 0 saturated carbocycles. The highest BCUT2D eigenvalue weighted by Gasteiger charge is 2.25. The molecule has 0 bridgehead atoms. The first-order valence-corrected chi connectivity index (χ1v) is 12.6. The molecule has 0 aliphatic heterocycles. The van der Waals surface area contributed by atoms with Crippen molar-refractivity contribution in [1.82, 2.24) is 24.8 Å². The van der Waals surface area contributed by atoms with Gasteiger partial charge in [0, 0.05) is 29.9 Å². The number of nitrogens with one attached hydrogen (secondary N) is 3. The number of hydrogen-bond donors (Lipinski definition) is 3. The minimum Gasteiger partial charge on any atom is -0.361 e.